The molecule has 1 aromatic carbocycles. The summed E-state index contributed by atoms with van der Waals surface area (Å²) in [6.07, 6.45) is 0.244. The number of hydrogen-bond donors (Lipinski definition) is 1. The summed E-state index contributed by atoms with van der Waals surface area (Å²) in [6.45, 7) is 1.70. The van der Waals surface area contributed by atoms with Crippen molar-refractivity contribution in [1.82, 2.24) is 0 Å². The number of benzene rings is 1. The Morgan fingerprint density at radius 1 is 1.26 bits per heavy atom. The minimum Gasteiger partial charge on any atom is -0.448 e. The molecule has 0 saturated carbocycles. The number of pyridine rings is 1. The first-order valence-electron chi connectivity index (χ1n) is 5.92. The molecule has 0 spiro atoms. The molecule has 102 valence electrons. The molecule has 0 radical (unpaired) electrons. The lowest BCUT2D eigenvalue weighted by Crippen LogP contribution is -2.45. The predicted molar refractivity (Wildman–Crippen MR) is 71.6 cm³/mol. The molecule has 5 nitrogen and oxygen atoms in total. The molecule has 0 aliphatic carbocycles. The van der Waals surface area contributed by atoms with Gasteiger partial charge in [0, 0.05) is 17.9 Å². The quantitative estimate of drug-likeness (QED) is 0.687. The summed E-state index contributed by atoms with van der Waals surface area (Å²) in [5.41, 5.74) is 0.700. The van der Waals surface area contributed by atoms with Gasteiger partial charge in [-0.1, -0.05) is 19.1 Å². The van der Waals surface area contributed by atoms with E-state index in [4.69, 9.17) is 4.74 Å². The van der Waals surface area contributed by atoms with Crippen LogP contribution in [0.3, 0.4) is 0 Å². The van der Waals surface area contributed by atoms with E-state index in [2.05, 4.69) is 0 Å². The highest BCUT2D eigenvalue weighted by atomic mass is 32.2. The van der Waals surface area contributed by atoms with Gasteiger partial charge in [-0.15, -0.1) is 4.57 Å². The van der Waals surface area contributed by atoms with Gasteiger partial charge in [0.1, 0.15) is 0 Å². The van der Waals surface area contributed by atoms with E-state index in [1.165, 1.54) is 11.7 Å². The largest absolute Gasteiger partial charge is 0.448 e. The van der Waals surface area contributed by atoms with Crippen LogP contribution in [0.5, 0.6) is 5.88 Å². The van der Waals surface area contributed by atoms with E-state index in [0.29, 0.717) is 11.4 Å². The Bertz CT molecular complexity index is 697. The fraction of sp³-hybridized carbons (Fsp3) is 0.308. The Hall–Kier alpha value is -1.66. The number of aromatic nitrogens is 1. The summed E-state index contributed by atoms with van der Waals surface area (Å²) < 4.78 is 39.2. The average Bonchev–Trinajstić information content (AvgIpc) is 2.38. The minimum absolute atomic E-state index is 0.244. The molecule has 0 aliphatic rings. The zero-order valence-electron chi connectivity index (χ0n) is 10.8. The molecule has 1 N–H and O–H groups in total. The first-order valence-corrected chi connectivity index (χ1v) is 7.43. The van der Waals surface area contributed by atoms with E-state index >= 15 is 0 Å². The van der Waals surface area contributed by atoms with E-state index in [0.717, 1.165) is 5.39 Å². The number of nitrogens with zero attached hydrogens (tertiary/aromatic N) is 1. The topological polar surface area (TPSA) is 67.5 Å². The third-order valence-corrected chi connectivity index (χ3v) is 4.26. The van der Waals surface area contributed by atoms with E-state index < -0.39 is 15.5 Å². The van der Waals surface area contributed by atoms with Crippen molar-refractivity contribution in [2.24, 2.45) is 0 Å². The van der Waals surface area contributed by atoms with Crippen LogP contribution in [0.2, 0.25) is 0 Å². The second kappa shape index (κ2) is 5.14. The fourth-order valence-electron chi connectivity index (χ4n) is 2.20. The average molecular weight is 282 g/mol. The smallest absolute Gasteiger partial charge is 0.369 e. The highest BCUT2D eigenvalue weighted by Crippen LogP contribution is 2.21. The van der Waals surface area contributed by atoms with Gasteiger partial charge in [0.05, 0.1) is 13.2 Å². The zero-order chi connectivity index (χ0) is 14.0. The van der Waals surface area contributed by atoms with E-state index in [-0.39, 0.29) is 6.42 Å². The van der Waals surface area contributed by atoms with Gasteiger partial charge in [0.25, 0.3) is 5.37 Å². The summed E-state index contributed by atoms with van der Waals surface area (Å²) in [4.78, 5) is 0. The van der Waals surface area contributed by atoms with Gasteiger partial charge in [0.15, 0.2) is 0 Å². The maximum atomic E-state index is 11.6. The maximum absolute atomic E-state index is 11.6. The van der Waals surface area contributed by atoms with Crippen LogP contribution in [0.25, 0.3) is 10.9 Å². The van der Waals surface area contributed by atoms with Gasteiger partial charge in [0.2, 0.25) is 5.52 Å². The normalized spacial score (nSPS) is 13.4. The molecular weight excluding hydrogens is 266 g/mol. The van der Waals surface area contributed by atoms with E-state index in [1.807, 2.05) is 24.3 Å². The van der Waals surface area contributed by atoms with Crippen LogP contribution in [0.1, 0.15) is 18.7 Å². The fourth-order valence-corrected chi connectivity index (χ4v) is 3.10. The molecule has 6 heteroatoms. The van der Waals surface area contributed by atoms with Gasteiger partial charge in [-0.3, -0.25) is 4.55 Å². The van der Waals surface area contributed by atoms with E-state index in [1.54, 1.807) is 19.1 Å². The van der Waals surface area contributed by atoms with Gasteiger partial charge < -0.3 is 4.74 Å². The molecule has 0 fully saturated rings. The first kappa shape index (κ1) is 13.8. The first-order chi connectivity index (χ1) is 8.99. The minimum atomic E-state index is -4.21. The van der Waals surface area contributed by atoms with Crippen molar-refractivity contribution >= 4 is 21.0 Å². The summed E-state index contributed by atoms with van der Waals surface area (Å²) in [6, 6.07) is 10.9. The summed E-state index contributed by atoms with van der Waals surface area (Å²) >= 11 is 0. The zero-order valence-corrected chi connectivity index (χ0v) is 11.6. The van der Waals surface area contributed by atoms with Gasteiger partial charge in [-0.05, 0) is 12.1 Å². The van der Waals surface area contributed by atoms with Gasteiger partial charge >= 0.3 is 16.0 Å². The van der Waals surface area contributed by atoms with Crippen LogP contribution in [0.4, 0.5) is 0 Å². The molecule has 19 heavy (non-hydrogen) atoms. The standard InChI is InChI=1S/C13H15NO4S/c1-3-13(19(15,16)17)14-11-7-5-4-6-10(11)8-9-12(14)18-2/h4-9,13H,3H2,1-2H3/p+1. The number of hydrogen-bond acceptors (Lipinski definition) is 3. The van der Waals surface area contributed by atoms with Crippen molar-refractivity contribution < 1.29 is 22.3 Å². The van der Waals surface area contributed by atoms with Crippen LogP contribution in [0.15, 0.2) is 36.4 Å². The van der Waals surface area contributed by atoms with Crippen molar-refractivity contribution in [3.05, 3.63) is 36.4 Å². The predicted octanol–water partition coefficient (Wildman–Crippen LogP) is 1.93. The number of rotatable bonds is 4. The Balaban J connectivity index is 2.82. The highest BCUT2D eigenvalue weighted by molar-refractivity contribution is 7.85. The SMILES string of the molecule is CCC([n+]1c(OC)ccc2ccccc21)S(=O)(=O)O. The summed E-state index contributed by atoms with van der Waals surface area (Å²) in [7, 11) is -2.74. The van der Waals surface area contributed by atoms with Crippen LogP contribution in [0, 0.1) is 0 Å². The van der Waals surface area contributed by atoms with Crippen molar-refractivity contribution in [3.8, 4) is 5.88 Å². The lowest BCUT2D eigenvalue weighted by Gasteiger charge is -2.12. The Morgan fingerprint density at radius 3 is 2.53 bits per heavy atom. The molecule has 2 aromatic rings. The van der Waals surface area contributed by atoms with Gasteiger partial charge in [-0.2, -0.15) is 8.42 Å². The Labute approximate surface area is 112 Å². The molecule has 0 aliphatic heterocycles. The molecule has 1 atom stereocenters. The number of fused-ring (bicyclic) bond motifs is 1. The molecule has 0 bridgehead atoms. The number of ether oxygens (including phenoxy) is 1. The summed E-state index contributed by atoms with van der Waals surface area (Å²) in [5.74, 6) is 0.392. The maximum Gasteiger partial charge on any atom is 0.369 e. The van der Waals surface area contributed by atoms with Crippen LogP contribution < -0.4 is 9.30 Å². The second-order valence-electron chi connectivity index (χ2n) is 4.18. The number of para-hydroxylation sites is 1. The highest BCUT2D eigenvalue weighted by Gasteiger charge is 2.35. The molecule has 2 rings (SSSR count). The second-order valence-corrected chi connectivity index (χ2v) is 5.76. The Morgan fingerprint density at radius 2 is 1.95 bits per heavy atom. The summed E-state index contributed by atoms with van der Waals surface area (Å²) in [5, 5.41) is -0.182. The third-order valence-electron chi connectivity index (χ3n) is 3.03. The van der Waals surface area contributed by atoms with Crippen molar-refractivity contribution in [2.75, 3.05) is 7.11 Å². The lowest BCUT2D eigenvalue weighted by molar-refractivity contribution is -0.682. The number of methoxy groups -OCH3 is 1. The monoisotopic (exact) mass is 282 g/mol. The van der Waals surface area contributed by atoms with E-state index in [9.17, 15) is 13.0 Å². The van der Waals surface area contributed by atoms with Crippen molar-refractivity contribution in [3.63, 3.8) is 0 Å². The molecular formula is C13H16NO4S+. The third kappa shape index (κ3) is 2.54. The molecule has 1 aromatic heterocycles. The molecule has 0 amide bonds. The van der Waals surface area contributed by atoms with Crippen LogP contribution in [-0.2, 0) is 10.1 Å². The molecule has 1 unspecified atom stereocenters. The van der Waals surface area contributed by atoms with Crippen LogP contribution in [-0.4, -0.2) is 20.1 Å². The van der Waals surface area contributed by atoms with Crippen molar-refractivity contribution in [2.45, 2.75) is 18.7 Å². The van der Waals surface area contributed by atoms with Crippen molar-refractivity contribution in [1.29, 1.82) is 0 Å². The van der Waals surface area contributed by atoms with Gasteiger partial charge in [-0.25, -0.2) is 0 Å². The Kier molecular flexibility index (Phi) is 3.73. The van der Waals surface area contributed by atoms with Crippen LogP contribution >= 0.6 is 0 Å². The lowest BCUT2D eigenvalue weighted by atomic mass is 10.2. The molecule has 1 heterocycles. The molecule has 0 saturated heterocycles.